The third kappa shape index (κ3) is 5.45. The van der Waals surface area contributed by atoms with Crippen molar-refractivity contribution in [3.8, 4) is 0 Å². The summed E-state index contributed by atoms with van der Waals surface area (Å²) in [6.07, 6.45) is 4.19. The van der Waals surface area contributed by atoms with Gasteiger partial charge >= 0.3 is 12.2 Å². The molecule has 0 radical (unpaired) electrons. The van der Waals surface area contributed by atoms with Crippen LogP contribution in [0.4, 0.5) is 9.59 Å². The van der Waals surface area contributed by atoms with Crippen molar-refractivity contribution in [2.75, 3.05) is 13.1 Å². The van der Waals surface area contributed by atoms with Crippen molar-refractivity contribution in [2.45, 2.75) is 165 Å². The number of piperidine rings is 2. The van der Waals surface area contributed by atoms with E-state index < -0.39 is 34.8 Å². The zero-order chi connectivity index (χ0) is 30.2. The van der Waals surface area contributed by atoms with E-state index in [1.54, 1.807) is 13.8 Å². The van der Waals surface area contributed by atoms with Gasteiger partial charge in [0.25, 0.3) is 0 Å². The first-order valence-corrected chi connectivity index (χ1v) is 15.0. The number of unbranched alkanes of at least 4 members (excludes halogenated alkanes) is 3. The number of hydrogen-bond acceptors (Lipinski definition) is 8. The van der Waals surface area contributed by atoms with Crippen molar-refractivity contribution in [1.82, 2.24) is 20.4 Å². The Morgan fingerprint density at radius 1 is 0.575 bits per heavy atom. The van der Waals surface area contributed by atoms with Crippen LogP contribution in [0.2, 0.25) is 0 Å². The van der Waals surface area contributed by atoms with Gasteiger partial charge in [-0.3, -0.25) is 9.80 Å². The lowest BCUT2D eigenvalue weighted by molar-refractivity contribution is -0.181. The Hall–Kier alpha value is -1.62. The molecule has 4 rings (SSSR count). The number of carbonyl (C=O) groups is 2. The van der Waals surface area contributed by atoms with Crippen molar-refractivity contribution < 1.29 is 29.3 Å². The second-order valence-electron chi connectivity index (χ2n) is 16.0. The minimum atomic E-state index is -1.41. The maximum Gasteiger partial charge on any atom is 0.412 e. The molecule has 4 heterocycles. The van der Waals surface area contributed by atoms with Crippen LogP contribution < -0.4 is 10.6 Å². The molecule has 10 heteroatoms. The SMILES string of the molecule is CC1(C)CC2(CC(C)(C)N1)OC(=O)N(CCCCCCN1C(=O)OC3(CC(C)(C)NC(C)(C)C3)[C@]1(C)O)[C@@]2(C)O. The van der Waals surface area contributed by atoms with Gasteiger partial charge in [0.2, 0.25) is 0 Å². The molecule has 4 saturated heterocycles. The zero-order valence-electron chi connectivity index (χ0n) is 26.5. The van der Waals surface area contributed by atoms with Crippen LogP contribution in [-0.2, 0) is 9.47 Å². The quantitative estimate of drug-likeness (QED) is 0.338. The van der Waals surface area contributed by atoms with E-state index in [-0.39, 0.29) is 22.2 Å². The van der Waals surface area contributed by atoms with Crippen LogP contribution >= 0.6 is 0 Å². The van der Waals surface area contributed by atoms with Gasteiger partial charge in [0.05, 0.1) is 0 Å². The summed E-state index contributed by atoms with van der Waals surface area (Å²) in [5, 5.41) is 30.5. The molecule has 10 nitrogen and oxygen atoms in total. The van der Waals surface area contributed by atoms with E-state index >= 15 is 0 Å². The van der Waals surface area contributed by atoms with Gasteiger partial charge < -0.3 is 30.3 Å². The summed E-state index contributed by atoms with van der Waals surface area (Å²) in [6.45, 7) is 20.8. The van der Waals surface area contributed by atoms with E-state index in [0.29, 0.717) is 51.6 Å². The normalized spacial score (nSPS) is 34.8. The summed E-state index contributed by atoms with van der Waals surface area (Å²) in [7, 11) is 0. The molecule has 4 fully saturated rings. The van der Waals surface area contributed by atoms with E-state index in [2.05, 4.69) is 66.0 Å². The molecule has 0 aliphatic carbocycles. The molecule has 0 aromatic heterocycles. The Morgan fingerprint density at radius 2 is 0.850 bits per heavy atom. The average molecular weight is 567 g/mol. The molecule has 2 spiro atoms. The summed E-state index contributed by atoms with van der Waals surface area (Å²) in [4.78, 5) is 28.9. The number of rotatable bonds is 7. The lowest BCUT2D eigenvalue weighted by Crippen LogP contribution is -2.70. The largest absolute Gasteiger partial charge is 0.437 e. The second-order valence-corrected chi connectivity index (χ2v) is 16.0. The summed E-state index contributed by atoms with van der Waals surface area (Å²) in [5.74, 6) is 0. The smallest absolute Gasteiger partial charge is 0.412 e. The molecule has 4 aliphatic rings. The maximum absolute atomic E-state index is 13.0. The highest BCUT2D eigenvalue weighted by molar-refractivity contribution is 5.73. The van der Waals surface area contributed by atoms with Gasteiger partial charge in [-0.25, -0.2) is 9.59 Å². The predicted molar refractivity (Wildman–Crippen MR) is 153 cm³/mol. The average Bonchev–Trinajstić information content (AvgIpc) is 2.96. The molecule has 2 amide bonds. The Labute approximate surface area is 240 Å². The van der Waals surface area contributed by atoms with Crippen LogP contribution in [0.25, 0.3) is 0 Å². The molecule has 0 aromatic rings. The van der Waals surface area contributed by atoms with Crippen molar-refractivity contribution in [3.05, 3.63) is 0 Å². The van der Waals surface area contributed by atoms with Gasteiger partial charge in [-0.05, 0) is 82.1 Å². The van der Waals surface area contributed by atoms with Gasteiger partial charge in [-0.15, -0.1) is 0 Å². The molecule has 0 unspecified atom stereocenters. The predicted octanol–water partition coefficient (Wildman–Crippen LogP) is 4.23. The molecule has 0 aromatic carbocycles. The highest BCUT2D eigenvalue weighted by Crippen LogP contribution is 2.51. The fourth-order valence-electron chi connectivity index (χ4n) is 8.80. The Bertz CT molecular complexity index is 906. The lowest BCUT2D eigenvalue weighted by Gasteiger charge is -2.54. The first kappa shape index (κ1) is 31.3. The van der Waals surface area contributed by atoms with Gasteiger partial charge in [-0.1, -0.05) is 12.8 Å². The summed E-state index contributed by atoms with van der Waals surface area (Å²) in [6, 6.07) is 0. The number of nitrogens with zero attached hydrogens (tertiary/aromatic N) is 2. The van der Waals surface area contributed by atoms with Crippen LogP contribution in [0.5, 0.6) is 0 Å². The third-order valence-corrected chi connectivity index (χ3v) is 9.56. The monoisotopic (exact) mass is 566 g/mol. The lowest BCUT2D eigenvalue weighted by atomic mass is 9.68. The Kier molecular flexibility index (Phi) is 7.39. The molecule has 4 N–H and O–H groups in total. The van der Waals surface area contributed by atoms with Crippen molar-refractivity contribution in [3.63, 3.8) is 0 Å². The molecule has 230 valence electrons. The van der Waals surface area contributed by atoms with E-state index in [9.17, 15) is 19.8 Å². The summed E-state index contributed by atoms with van der Waals surface area (Å²) >= 11 is 0. The fourth-order valence-corrected chi connectivity index (χ4v) is 8.80. The minimum absolute atomic E-state index is 0.293. The Morgan fingerprint density at radius 3 is 1.12 bits per heavy atom. The minimum Gasteiger partial charge on any atom is -0.437 e. The summed E-state index contributed by atoms with van der Waals surface area (Å²) < 4.78 is 11.9. The molecular formula is C30H54N4O6. The number of hydrogen-bond donors (Lipinski definition) is 4. The molecule has 2 atom stereocenters. The van der Waals surface area contributed by atoms with Crippen LogP contribution in [0, 0.1) is 0 Å². The number of carbonyl (C=O) groups excluding carboxylic acids is 2. The van der Waals surface area contributed by atoms with Crippen molar-refractivity contribution >= 4 is 12.2 Å². The molecule has 0 saturated carbocycles. The third-order valence-electron chi connectivity index (χ3n) is 9.56. The number of nitrogens with one attached hydrogen (secondary N) is 2. The molecule has 0 bridgehead atoms. The maximum atomic E-state index is 13.0. The van der Waals surface area contributed by atoms with E-state index in [1.165, 1.54) is 9.80 Å². The highest BCUT2D eigenvalue weighted by Gasteiger charge is 2.67. The molecule has 4 aliphatic heterocycles. The van der Waals surface area contributed by atoms with Crippen LogP contribution in [-0.4, -0.2) is 90.1 Å². The van der Waals surface area contributed by atoms with Gasteiger partial charge in [0, 0.05) is 60.9 Å². The van der Waals surface area contributed by atoms with Crippen LogP contribution in [0.1, 0.15) is 121 Å². The summed E-state index contributed by atoms with van der Waals surface area (Å²) in [5.41, 5.74) is -5.95. The number of amides is 2. The zero-order valence-corrected chi connectivity index (χ0v) is 26.5. The van der Waals surface area contributed by atoms with E-state index in [1.807, 2.05) is 0 Å². The second kappa shape index (κ2) is 9.44. The molecule has 40 heavy (non-hydrogen) atoms. The number of aliphatic hydroxyl groups is 2. The number of ether oxygens (including phenoxy) is 2. The van der Waals surface area contributed by atoms with Gasteiger partial charge in [-0.2, -0.15) is 0 Å². The van der Waals surface area contributed by atoms with Crippen LogP contribution in [0.3, 0.4) is 0 Å². The van der Waals surface area contributed by atoms with E-state index in [0.717, 1.165) is 12.8 Å². The van der Waals surface area contributed by atoms with Crippen LogP contribution in [0.15, 0.2) is 0 Å². The highest BCUT2D eigenvalue weighted by atomic mass is 16.6. The molecular weight excluding hydrogens is 512 g/mol. The first-order chi connectivity index (χ1) is 18.0. The van der Waals surface area contributed by atoms with Crippen molar-refractivity contribution in [1.29, 1.82) is 0 Å². The Balaban J connectivity index is 1.31. The topological polar surface area (TPSA) is 124 Å². The van der Waals surface area contributed by atoms with E-state index in [4.69, 9.17) is 9.47 Å². The van der Waals surface area contributed by atoms with Gasteiger partial charge in [0.15, 0.2) is 22.7 Å². The first-order valence-electron chi connectivity index (χ1n) is 15.0. The van der Waals surface area contributed by atoms with Crippen molar-refractivity contribution in [2.24, 2.45) is 0 Å². The van der Waals surface area contributed by atoms with Gasteiger partial charge in [0.1, 0.15) is 0 Å². The standard InChI is InChI=1S/C30H54N4O6/c1-23(2)17-29(18-24(3,4)31-23)27(9,37)33(21(35)39-29)15-13-11-12-14-16-34-22(36)40-30(28(34,10)38)19-25(5,6)32-26(7,8)20-30/h31-32,37-38H,11-20H2,1-10H3/t27-,28-/m0/s1. The fraction of sp³-hybridized carbons (Fsp3) is 0.933.